The van der Waals surface area contributed by atoms with Crippen molar-refractivity contribution in [1.82, 2.24) is 0 Å². The first-order valence-corrected chi connectivity index (χ1v) is 8.87. The Hall–Kier alpha value is -0.870. The van der Waals surface area contributed by atoms with Gasteiger partial charge < -0.3 is 4.74 Å². The summed E-state index contributed by atoms with van der Waals surface area (Å²) in [6.07, 6.45) is 0.818. The average molecular weight is 524 g/mol. The highest BCUT2D eigenvalue weighted by Gasteiger charge is 2.23. The Balaban J connectivity index is 1.83. The summed E-state index contributed by atoms with van der Waals surface area (Å²) in [4.78, 5) is 16.9. The molecule has 1 radical (unpaired) electrons. The molecular formula is C16H16I2NO3+2. The lowest BCUT2D eigenvalue weighted by molar-refractivity contribution is -0.870. The number of nitrogens with two attached hydrogens (primary N) is 1. The molecule has 0 aromatic heterocycles. The van der Waals surface area contributed by atoms with E-state index in [1.807, 2.05) is 18.2 Å². The number of hydroxylamine groups is 1. The van der Waals surface area contributed by atoms with Gasteiger partial charge in [0.1, 0.15) is 17.9 Å². The topological polar surface area (TPSA) is 55.0 Å². The van der Waals surface area contributed by atoms with Crippen LogP contribution < -0.4 is 10.2 Å². The lowest BCUT2D eigenvalue weighted by atomic mass is 10.1. The van der Waals surface area contributed by atoms with Crippen molar-refractivity contribution in [3.8, 4) is 5.75 Å². The molecule has 0 aliphatic carbocycles. The molecule has 2 rings (SSSR count). The van der Waals surface area contributed by atoms with Gasteiger partial charge in [0.2, 0.25) is 0 Å². The molecule has 6 heteroatoms. The average Bonchev–Trinajstić information content (AvgIpc) is 2.52. The number of carbonyl (C=O) groups excluding carboxylic acids is 1. The van der Waals surface area contributed by atoms with Crippen LogP contribution in [0.1, 0.15) is 15.9 Å². The Kier molecular flexibility index (Phi) is 6.90. The maximum atomic E-state index is 11.8. The van der Waals surface area contributed by atoms with E-state index in [-0.39, 0.29) is 5.97 Å². The quantitative estimate of drug-likeness (QED) is 0.274. The zero-order valence-electron chi connectivity index (χ0n) is 12.0. The predicted molar refractivity (Wildman–Crippen MR) is 101 cm³/mol. The lowest BCUT2D eigenvalue weighted by Gasteiger charge is -2.08. The maximum absolute atomic E-state index is 11.8. The predicted octanol–water partition coefficient (Wildman–Crippen LogP) is 2.78. The SMILES string of the molecule is COc1c(I)cc(CC[NH2+]OC(=[O+])c2ccccc2)cc1I. The number of carbonyl (C=O) groups is 1. The highest BCUT2D eigenvalue weighted by atomic mass is 127. The second-order valence-electron chi connectivity index (χ2n) is 4.57. The van der Waals surface area contributed by atoms with Gasteiger partial charge in [0, 0.05) is 6.42 Å². The van der Waals surface area contributed by atoms with Gasteiger partial charge in [-0.15, -0.1) is 0 Å². The first kappa shape index (κ1) is 17.5. The molecule has 0 heterocycles. The number of hydrogen-bond donors (Lipinski definition) is 1. The van der Waals surface area contributed by atoms with Gasteiger partial charge in [0.05, 0.1) is 19.0 Å². The number of quaternary nitrogens is 1. The van der Waals surface area contributed by atoms with Crippen molar-refractivity contribution in [1.29, 1.82) is 0 Å². The number of methoxy groups -OCH3 is 1. The van der Waals surface area contributed by atoms with Gasteiger partial charge in [0.15, 0.2) is 0 Å². The molecule has 2 aromatic rings. The van der Waals surface area contributed by atoms with Crippen LogP contribution in [0.25, 0.3) is 0 Å². The van der Waals surface area contributed by atoms with Gasteiger partial charge >= 0.3 is 5.97 Å². The molecule has 115 valence electrons. The van der Waals surface area contributed by atoms with Gasteiger partial charge in [-0.3, -0.25) is 0 Å². The second-order valence-corrected chi connectivity index (χ2v) is 6.89. The molecule has 0 saturated heterocycles. The third kappa shape index (κ3) is 4.82. The molecule has 0 amide bonds. The van der Waals surface area contributed by atoms with E-state index in [4.69, 9.17) is 9.57 Å². The van der Waals surface area contributed by atoms with Crippen LogP contribution in [0.15, 0.2) is 42.5 Å². The second kappa shape index (κ2) is 8.68. The van der Waals surface area contributed by atoms with Gasteiger partial charge in [-0.1, -0.05) is 28.5 Å². The third-order valence-corrected chi connectivity index (χ3v) is 4.62. The van der Waals surface area contributed by atoms with Gasteiger partial charge in [-0.05, 0) is 75.0 Å². The Bertz CT molecular complexity index is 624. The summed E-state index contributed by atoms with van der Waals surface area (Å²) < 4.78 is 7.52. The fourth-order valence-corrected chi connectivity index (χ4v) is 4.29. The van der Waals surface area contributed by atoms with E-state index in [1.165, 1.54) is 5.56 Å². The molecule has 2 aromatic carbocycles. The molecule has 0 atom stereocenters. The Morgan fingerprint density at radius 3 is 2.36 bits per heavy atom. The maximum Gasteiger partial charge on any atom is 0.669 e. The molecule has 0 aliphatic rings. The van der Waals surface area contributed by atoms with Crippen molar-refractivity contribution in [2.45, 2.75) is 6.42 Å². The van der Waals surface area contributed by atoms with Crippen molar-refractivity contribution >= 4 is 51.2 Å². The van der Waals surface area contributed by atoms with Crippen molar-refractivity contribution in [2.75, 3.05) is 13.7 Å². The van der Waals surface area contributed by atoms with Crippen molar-refractivity contribution < 1.29 is 19.8 Å². The zero-order chi connectivity index (χ0) is 15.9. The molecule has 2 N–H and O–H groups in total. The summed E-state index contributed by atoms with van der Waals surface area (Å²) in [7, 11) is 1.68. The van der Waals surface area contributed by atoms with E-state index in [9.17, 15) is 4.79 Å². The first-order chi connectivity index (χ1) is 10.6. The van der Waals surface area contributed by atoms with Crippen molar-refractivity contribution in [3.05, 3.63) is 60.7 Å². The van der Waals surface area contributed by atoms with Crippen LogP contribution in [0.3, 0.4) is 0 Å². The highest BCUT2D eigenvalue weighted by Crippen LogP contribution is 2.28. The molecular weight excluding hydrogens is 508 g/mol. The fraction of sp³-hybridized carbons (Fsp3) is 0.188. The van der Waals surface area contributed by atoms with Crippen LogP contribution in [0, 0.1) is 7.14 Å². The Labute approximate surface area is 156 Å². The minimum absolute atomic E-state index is 0.320. The summed E-state index contributed by atoms with van der Waals surface area (Å²) in [5.41, 5.74) is 3.33. The van der Waals surface area contributed by atoms with Crippen molar-refractivity contribution in [2.24, 2.45) is 0 Å². The largest absolute Gasteiger partial charge is 0.669 e. The summed E-state index contributed by atoms with van der Waals surface area (Å²) in [6.45, 7) is 0.678. The minimum Gasteiger partial charge on any atom is -0.495 e. The molecule has 0 bridgehead atoms. The number of halogens is 2. The van der Waals surface area contributed by atoms with Crippen LogP contribution in [-0.4, -0.2) is 19.6 Å². The van der Waals surface area contributed by atoms with E-state index in [1.54, 1.807) is 24.7 Å². The molecule has 0 fully saturated rings. The smallest absolute Gasteiger partial charge is 0.495 e. The monoisotopic (exact) mass is 524 g/mol. The molecule has 0 spiro atoms. The van der Waals surface area contributed by atoms with Crippen LogP contribution in [0.2, 0.25) is 0 Å². The molecule has 4 nitrogen and oxygen atoms in total. The summed E-state index contributed by atoms with van der Waals surface area (Å²) in [5, 5.41) is 0. The van der Waals surface area contributed by atoms with Crippen LogP contribution >= 0.6 is 45.2 Å². The molecule has 0 unspecified atom stereocenters. The minimum atomic E-state index is -0.320. The van der Waals surface area contributed by atoms with Crippen LogP contribution in [-0.2, 0) is 11.3 Å². The van der Waals surface area contributed by atoms with Gasteiger partial charge in [-0.25, -0.2) is 0 Å². The summed E-state index contributed by atoms with van der Waals surface area (Å²) in [6, 6.07) is 13.2. The third-order valence-electron chi connectivity index (χ3n) is 3.01. The number of benzene rings is 2. The van der Waals surface area contributed by atoms with Crippen LogP contribution in [0.5, 0.6) is 5.75 Å². The number of hydrogen-bond acceptors (Lipinski definition) is 3. The van der Waals surface area contributed by atoms with E-state index in [2.05, 4.69) is 57.3 Å². The van der Waals surface area contributed by atoms with Gasteiger partial charge in [0.25, 0.3) is 0 Å². The molecule has 22 heavy (non-hydrogen) atoms. The lowest BCUT2D eigenvalue weighted by Crippen LogP contribution is -2.84. The first-order valence-electron chi connectivity index (χ1n) is 6.71. The van der Waals surface area contributed by atoms with E-state index in [0.717, 1.165) is 19.3 Å². The van der Waals surface area contributed by atoms with E-state index in [0.29, 0.717) is 12.1 Å². The molecule has 0 saturated carbocycles. The molecule has 0 aliphatic heterocycles. The van der Waals surface area contributed by atoms with Gasteiger partial charge in [-0.2, -0.15) is 0 Å². The number of rotatable bonds is 6. The normalized spacial score (nSPS) is 10.3. The Morgan fingerprint density at radius 1 is 1.14 bits per heavy atom. The van der Waals surface area contributed by atoms with E-state index >= 15 is 0 Å². The standard InChI is InChI=1S/C16H15I2NO3/c1-21-15-13(17)9-11(10-14(15)18)7-8-19-22-16(20)12-5-3-2-4-6-12/h2-6,9-10,19H,7-8H2,1H3/q+1/p+1. The summed E-state index contributed by atoms with van der Waals surface area (Å²) in [5.74, 6) is 0.587. The van der Waals surface area contributed by atoms with Crippen molar-refractivity contribution in [3.63, 3.8) is 0 Å². The summed E-state index contributed by atoms with van der Waals surface area (Å²) >= 11 is 4.53. The Morgan fingerprint density at radius 2 is 1.77 bits per heavy atom. The van der Waals surface area contributed by atoms with E-state index < -0.39 is 0 Å². The zero-order valence-corrected chi connectivity index (χ0v) is 16.3. The fourth-order valence-electron chi connectivity index (χ4n) is 1.95. The number of ether oxygens (including phenoxy) is 1. The van der Waals surface area contributed by atoms with Crippen LogP contribution in [0.4, 0.5) is 0 Å². The highest BCUT2D eigenvalue weighted by molar-refractivity contribution is 14.1.